The maximum Gasteiger partial charge on any atom is 0.350 e. The van der Waals surface area contributed by atoms with E-state index in [1.807, 2.05) is 4.98 Å². The molecular weight excluding hydrogens is 240 g/mol. The van der Waals surface area contributed by atoms with Gasteiger partial charge in [0.05, 0.1) is 22.6 Å². The summed E-state index contributed by atoms with van der Waals surface area (Å²) in [5, 5.41) is 19.4. The van der Waals surface area contributed by atoms with E-state index in [4.69, 9.17) is 5.26 Å². The maximum atomic E-state index is 11.4. The molecule has 0 aliphatic carbocycles. The Kier molecular flexibility index (Phi) is 3.66. The number of rotatable bonds is 4. The van der Waals surface area contributed by atoms with E-state index in [2.05, 4.69) is 6.07 Å². The van der Waals surface area contributed by atoms with Gasteiger partial charge in [0.15, 0.2) is 0 Å². The quantitative estimate of drug-likeness (QED) is 0.613. The Morgan fingerprint density at radius 1 is 1.56 bits per heavy atom. The zero-order valence-electron chi connectivity index (χ0n) is 9.97. The molecule has 0 fully saturated rings. The van der Waals surface area contributed by atoms with Gasteiger partial charge in [0.2, 0.25) is 0 Å². The third-order valence-electron chi connectivity index (χ3n) is 2.47. The molecule has 18 heavy (non-hydrogen) atoms. The predicted octanol–water partition coefficient (Wildman–Crippen LogP) is 0.385. The van der Waals surface area contributed by atoms with Crippen LogP contribution in [0.3, 0.4) is 0 Å². The van der Waals surface area contributed by atoms with Crippen LogP contribution < -0.4 is 11.2 Å². The Morgan fingerprint density at radius 2 is 2.17 bits per heavy atom. The Morgan fingerprint density at radius 3 is 2.67 bits per heavy atom. The smallest absolute Gasteiger partial charge is 0.294 e. The van der Waals surface area contributed by atoms with Crippen molar-refractivity contribution in [1.82, 2.24) is 9.55 Å². The summed E-state index contributed by atoms with van der Waals surface area (Å²) in [6.45, 7) is 3.51. The van der Waals surface area contributed by atoms with E-state index < -0.39 is 27.3 Å². The molecule has 0 saturated carbocycles. The van der Waals surface area contributed by atoms with Gasteiger partial charge in [0.25, 0.3) is 0 Å². The van der Waals surface area contributed by atoms with Crippen LogP contribution in [0.4, 0.5) is 5.69 Å². The molecule has 1 aromatic rings. The van der Waals surface area contributed by atoms with Gasteiger partial charge in [-0.05, 0) is 20.3 Å². The van der Waals surface area contributed by atoms with Crippen LogP contribution in [0, 0.1) is 26.9 Å². The SMILES string of the molecule is CC(C)(C#N)CCn1cc([N+](=O)[O-])c(=O)[nH]c1=O. The minimum atomic E-state index is -1.03. The van der Waals surface area contributed by atoms with E-state index in [-0.39, 0.29) is 6.54 Å². The zero-order chi connectivity index (χ0) is 13.9. The highest BCUT2D eigenvalue weighted by Gasteiger charge is 2.19. The summed E-state index contributed by atoms with van der Waals surface area (Å²) in [4.78, 5) is 34.1. The highest BCUT2D eigenvalue weighted by atomic mass is 16.6. The van der Waals surface area contributed by atoms with Gasteiger partial charge in [0, 0.05) is 6.54 Å². The van der Waals surface area contributed by atoms with Crippen LogP contribution in [0.1, 0.15) is 20.3 Å². The van der Waals surface area contributed by atoms with Gasteiger partial charge in [-0.2, -0.15) is 5.26 Å². The van der Waals surface area contributed by atoms with E-state index in [1.54, 1.807) is 13.8 Å². The molecule has 0 aliphatic rings. The van der Waals surface area contributed by atoms with Gasteiger partial charge in [-0.15, -0.1) is 0 Å². The van der Waals surface area contributed by atoms with Crippen LogP contribution in [-0.4, -0.2) is 14.5 Å². The van der Waals surface area contributed by atoms with Crippen molar-refractivity contribution in [2.75, 3.05) is 0 Å². The van der Waals surface area contributed by atoms with Crippen molar-refractivity contribution < 1.29 is 4.92 Å². The van der Waals surface area contributed by atoms with Crippen molar-refractivity contribution in [3.63, 3.8) is 0 Å². The zero-order valence-corrected chi connectivity index (χ0v) is 9.97. The van der Waals surface area contributed by atoms with Crippen LogP contribution in [0.5, 0.6) is 0 Å². The molecule has 0 atom stereocenters. The van der Waals surface area contributed by atoms with Gasteiger partial charge in [-0.1, -0.05) is 0 Å². The lowest BCUT2D eigenvalue weighted by Crippen LogP contribution is -2.31. The fourth-order valence-corrected chi connectivity index (χ4v) is 1.25. The van der Waals surface area contributed by atoms with Crippen molar-refractivity contribution in [2.24, 2.45) is 5.41 Å². The number of aryl methyl sites for hydroxylation is 1. The molecule has 8 nitrogen and oxygen atoms in total. The van der Waals surface area contributed by atoms with Gasteiger partial charge in [-0.3, -0.25) is 24.5 Å². The summed E-state index contributed by atoms with van der Waals surface area (Å²) in [5.74, 6) is 0. The number of aromatic amines is 1. The van der Waals surface area contributed by atoms with Crippen molar-refractivity contribution >= 4 is 5.69 Å². The van der Waals surface area contributed by atoms with E-state index in [0.717, 1.165) is 10.8 Å². The molecule has 0 amide bonds. The molecule has 0 radical (unpaired) electrons. The number of nitrogens with zero attached hydrogens (tertiary/aromatic N) is 3. The summed E-state index contributed by atoms with van der Waals surface area (Å²) < 4.78 is 1.03. The number of hydrogen-bond donors (Lipinski definition) is 1. The van der Waals surface area contributed by atoms with E-state index in [1.165, 1.54) is 0 Å². The first-order chi connectivity index (χ1) is 8.26. The second-order valence-corrected chi connectivity index (χ2v) is 4.47. The van der Waals surface area contributed by atoms with Crippen LogP contribution >= 0.6 is 0 Å². The molecular formula is C10H12N4O4. The van der Waals surface area contributed by atoms with Gasteiger partial charge in [0.1, 0.15) is 0 Å². The molecule has 96 valence electrons. The molecule has 0 bridgehead atoms. The second kappa shape index (κ2) is 4.83. The molecule has 1 N–H and O–H groups in total. The molecule has 0 unspecified atom stereocenters. The summed E-state index contributed by atoms with van der Waals surface area (Å²) in [5.41, 5.74) is -3.09. The summed E-state index contributed by atoms with van der Waals surface area (Å²) >= 11 is 0. The van der Waals surface area contributed by atoms with E-state index >= 15 is 0 Å². The third kappa shape index (κ3) is 3.04. The molecule has 0 saturated heterocycles. The predicted molar refractivity (Wildman–Crippen MR) is 62.0 cm³/mol. The molecule has 0 aliphatic heterocycles. The Labute approximate surface area is 102 Å². The standard InChI is InChI=1S/C10H12N4O4/c1-10(2,6-11)3-4-13-5-7(14(17)18)8(15)12-9(13)16/h5H,3-4H2,1-2H3,(H,12,15,16). The normalized spacial score (nSPS) is 10.9. The number of H-pyrrole nitrogens is 1. The number of aromatic nitrogens is 2. The largest absolute Gasteiger partial charge is 0.350 e. The number of hydrogen-bond acceptors (Lipinski definition) is 5. The Bertz CT molecular complexity index is 620. The lowest BCUT2D eigenvalue weighted by molar-refractivity contribution is -0.386. The Balaban J connectivity index is 3.09. The lowest BCUT2D eigenvalue weighted by atomic mass is 9.91. The molecule has 0 spiro atoms. The van der Waals surface area contributed by atoms with Crippen molar-refractivity contribution in [1.29, 1.82) is 5.26 Å². The van der Waals surface area contributed by atoms with Gasteiger partial charge < -0.3 is 0 Å². The average molecular weight is 252 g/mol. The highest BCUT2D eigenvalue weighted by Crippen LogP contribution is 2.19. The minimum Gasteiger partial charge on any atom is -0.294 e. The molecule has 1 heterocycles. The fraction of sp³-hybridized carbons (Fsp3) is 0.500. The first-order valence-electron chi connectivity index (χ1n) is 5.16. The van der Waals surface area contributed by atoms with Crippen molar-refractivity contribution in [2.45, 2.75) is 26.8 Å². The average Bonchev–Trinajstić information content (AvgIpc) is 2.27. The Hall–Kier alpha value is -2.43. The van der Waals surface area contributed by atoms with Crippen LogP contribution in [0.25, 0.3) is 0 Å². The fourth-order valence-electron chi connectivity index (χ4n) is 1.25. The lowest BCUT2D eigenvalue weighted by Gasteiger charge is -2.15. The number of nitro groups is 1. The van der Waals surface area contributed by atoms with Crippen molar-refractivity contribution in [3.8, 4) is 6.07 Å². The van der Waals surface area contributed by atoms with Crippen LogP contribution in [-0.2, 0) is 6.54 Å². The van der Waals surface area contributed by atoms with E-state index in [9.17, 15) is 19.7 Å². The first kappa shape index (κ1) is 13.6. The van der Waals surface area contributed by atoms with Crippen LogP contribution in [0.2, 0.25) is 0 Å². The molecule has 0 aromatic carbocycles. The molecule has 1 aromatic heterocycles. The minimum absolute atomic E-state index is 0.122. The van der Waals surface area contributed by atoms with Crippen molar-refractivity contribution in [3.05, 3.63) is 37.1 Å². The molecule has 1 rings (SSSR count). The second-order valence-electron chi connectivity index (χ2n) is 4.47. The summed E-state index contributed by atoms with van der Waals surface area (Å²) in [6, 6.07) is 2.06. The van der Waals surface area contributed by atoms with E-state index in [0.29, 0.717) is 6.42 Å². The van der Waals surface area contributed by atoms with Gasteiger partial charge >= 0.3 is 16.9 Å². The molecule has 8 heteroatoms. The first-order valence-corrected chi connectivity index (χ1v) is 5.16. The number of nitriles is 1. The third-order valence-corrected chi connectivity index (χ3v) is 2.47. The van der Waals surface area contributed by atoms with Gasteiger partial charge in [-0.25, -0.2) is 4.79 Å². The monoisotopic (exact) mass is 252 g/mol. The number of nitrogens with one attached hydrogen (secondary N) is 1. The summed E-state index contributed by atoms with van der Waals surface area (Å²) in [7, 11) is 0. The highest BCUT2D eigenvalue weighted by molar-refractivity contribution is 5.20. The van der Waals surface area contributed by atoms with Crippen LogP contribution in [0.15, 0.2) is 15.8 Å². The maximum absolute atomic E-state index is 11.4. The summed E-state index contributed by atoms with van der Waals surface area (Å²) in [6.07, 6.45) is 1.24. The topological polar surface area (TPSA) is 122 Å².